The van der Waals surface area contributed by atoms with Gasteiger partial charge in [-0.15, -0.1) is 11.3 Å². The third-order valence-electron chi connectivity index (χ3n) is 3.33. The molecule has 1 amide bonds. The van der Waals surface area contributed by atoms with Gasteiger partial charge in [-0.3, -0.25) is 4.79 Å². The Morgan fingerprint density at radius 3 is 2.95 bits per heavy atom. The number of rotatable bonds is 6. The van der Waals surface area contributed by atoms with Gasteiger partial charge in [-0.25, -0.2) is 0 Å². The minimum absolute atomic E-state index is 0.220. The minimum Gasteiger partial charge on any atom is -0.356 e. The van der Waals surface area contributed by atoms with Crippen LogP contribution in [0.3, 0.4) is 0 Å². The number of carbonyl (C=O) groups excluding carboxylic acids is 1. The Balaban J connectivity index is 1.46. The van der Waals surface area contributed by atoms with Gasteiger partial charge in [-0.1, -0.05) is 0 Å². The predicted molar refractivity (Wildman–Crippen MR) is 81.7 cm³/mol. The van der Waals surface area contributed by atoms with Crippen LogP contribution in [0.1, 0.15) is 24.1 Å². The molecule has 2 nitrogen and oxygen atoms in total. The molecule has 1 aliphatic rings. The monoisotopic (exact) mass is 291 g/mol. The average molecular weight is 291 g/mol. The van der Waals surface area contributed by atoms with E-state index < -0.39 is 0 Å². The van der Waals surface area contributed by atoms with Gasteiger partial charge in [-0.05, 0) is 54.1 Å². The van der Waals surface area contributed by atoms with E-state index in [9.17, 15) is 4.79 Å². The molecule has 0 aromatic carbocycles. The van der Waals surface area contributed by atoms with Crippen molar-refractivity contribution in [1.82, 2.24) is 5.32 Å². The van der Waals surface area contributed by atoms with E-state index in [-0.39, 0.29) is 5.91 Å². The first-order valence-electron chi connectivity index (χ1n) is 6.69. The van der Waals surface area contributed by atoms with Crippen LogP contribution in [-0.2, 0) is 11.2 Å². The molecule has 100 valence electrons. The van der Waals surface area contributed by atoms with Crippen LogP contribution >= 0.6 is 22.7 Å². The molecule has 0 bridgehead atoms. The second-order valence-electron chi connectivity index (χ2n) is 5.03. The number of hydrogen-bond acceptors (Lipinski definition) is 3. The van der Waals surface area contributed by atoms with E-state index in [1.807, 2.05) is 11.3 Å². The number of carbonyl (C=O) groups is 1. The van der Waals surface area contributed by atoms with E-state index in [1.54, 1.807) is 11.3 Å². The summed E-state index contributed by atoms with van der Waals surface area (Å²) in [7, 11) is 0. The van der Waals surface area contributed by atoms with Crippen LogP contribution < -0.4 is 5.32 Å². The molecule has 3 rings (SSSR count). The lowest BCUT2D eigenvalue weighted by Gasteiger charge is -2.02. The first kappa shape index (κ1) is 12.9. The third kappa shape index (κ3) is 3.67. The highest BCUT2D eigenvalue weighted by Crippen LogP contribution is 2.32. The molecule has 4 heteroatoms. The van der Waals surface area contributed by atoms with Crippen molar-refractivity contribution in [2.24, 2.45) is 5.92 Å². The second-order valence-corrected chi connectivity index (χ2v) is 6.97. The Labute approximate surface area is 121 Å². The summed E-state index contributed by atoms with van der Waals surface area (Å²) >= 11 is 3.55. The average Bonchev–Trinajstić information content (AvgIpc) is 2.91. The van der Waals surface area contributed by atoms with E-state index in [1.165, 1.54) is 28.2 Å². The molecule has 0 spiro atoms. The first-order valence-corrected chi connectivity index (χ1v) is 8.45. The van der Waals surface area contributed by atoms with Crippen LogP contribution in [0.4, 0.5) is 0 Å². The topological polar surface area (TPSA) is 29.1 Å². The maximum atomic E-state index is 11.6. The van der Waals surface area contributed by atoms with Gasteiger partial charge in [-0.2, -0.15) is 11.3 Å². The molecule has 0 radical (unpaired) electrons. The predicted octanol–water partition coefficient (Wildman–Crippen LogP) is 3.94. The zero-order chi connectivity index (χ0) is 13.1. The van der Waals surface area contributed by atoms with Crippen molar-refractivity contribution in [3.05, 3.63) is 33.8 Å². The fourth-order valence-electron chi connectivity index (χ4n) is 2.05. The van der Waals surface area contributed by atoms with E-state index >= 15 is 0 Å². The van der Waals surface area contributed by atoms with Gasteiger partial charge in [0.05, 0.1) is 0 Å². The lowest BCUT2D eigenvalue weighted by Crippen LogP contribution is -2.25. The van der Waals surface area contributed by atoms with Crippen LogP contribution in [0.25, 0.3) is 10.4 Å². The highest BCUT2D eigenvalue weighted by atomic mass is 32.1. The lowest BCUT2D eigenvalue weighted by atomic mass is 10.2. The molecule has 1 saturated carbocycles. The van der Waals surface area contributed by atoms with Crippen molar-refractivity contribution in [3.63, 3.8) is 0 Å². The lowest BCUT2D eigenvalue weighted by molar-refractivity contribution is -0.121. The third-order valence-corrected chi connectivity index (χ3v) is 5.21. The Morgan fingerprint density at radius 1 is 1.32 bits per heavy atom. The first-order chi connectivity index (χ1) is 9.31. The quantitative estimate of drug-likeness (QED) is 0.858. The van der Waals surface area contributed by atoms with Crippen molar-refractivity contribution in [2.75, 3.05) is 6.54 Å². The van der Waals surface area contributed by atoms with Crippen molar-refractivity contribution in [3.8, 4) is 10.4 Å². The standard InChI is InChI=1S/C15H17NOS2/c17-15(9-11-1-2-11)16-7-5-13-3-4-14(19-13)12-6-8-18-10-12/h3-4,6,8,10-11H,1-2,5,7,9H2,(H,16,17). The van der Waals surface area contributed by atoms with Crippen molar-refractivity contribution < 1.29 is 4.79 Å². The van der Waals surface area contributed by atoms with Crippen molar-refractivity contribution >= 4 is 28.6 Å². The van der Waals surface area contributed by atoms with E-state index in [0.29, 0.717) is 5.92 Å². The summed E-state index contributed by atoms with van der Waals surface area (Å²) in [6, 6.07) is 6.50. The molecule has 1 fully saturated rings. The van der Waals surface area contributed by atoms with Gasteiger partial charge in [0, 0.05) is 28.3 Å². The fourth-order valence-corrected chi connectivity index (χ4v) is 3.79. The largest absolute Gasteiger partial charge is 0.356 e. The summed E-state index contributed by atoms with van der Waals surface area (Å²) in [6.07, 6.45) is 4.14. The summed E-state index contributed by atoms with van der Waals surface area (Å²) < 4.78 is 0. The SMILES string of the molecule is O=C(CC1CC1)NCCc1ccc(-c2ccsc2)s1. The molecule has 2 heterocycles. The summed E-state index contributed by atoms with van der Waals surface area (Å²) in [5, 5.41) is 7.29. The van der Waals surface area contributed by atoms with Crippen LogP contribution in [0.2, 0.25) is 0 Å². The number of hydrogen-bond donors (Lipinski definition) is 1. The molecular formula is C15H17NOS2. The molecule has 1 N–H and O–H groups in total. The number of nitrogens with one attached hydrogen (secondary N) is 1. The molecule has 2 aromatic rings. The second kappa shape index (κ2) is 5.88. The fraction of sp³-hybridized carbons (Fsp3) is 0.400. The minimum atomic E-state index is 0.220. The molecular weight excluding hydrogens is 274 g/mol. The highest BCUT2D eigenvalue weighted by molar-refractivity contribution is 7.16. The van der Waals surface area contributed by atoms with Gasteiger partial charge in [0.15, 0.2) is 0 Å². The smallest absolute Gasteiger partial charge is 0.220 e. The van der Waals surface area contributed by atoms with E-state index in [0.717, 1.165) is 19.4 Å². The van der Waals surface area contributed by atoms with E-state index in [4.69, 9.17) is 0 Å². The normalized spacial score (nSPS) is 14.5. The molecule has 0 atom stereocenters. The number of thiophene rings is 2. The summed E-state index contributed by atoms with van der Waals surface area (Å²) in [6.45, 7) is 0.759. The molecule has 0 unspecified atom stereocenters. The maximum Gasteiger partial charge on any atom is 0.220 e. The summed E-state index contributed by atoms with van der Waals surface area (Å²) in [5.41, 5.74) is 1.30. The van der Waals surface area contributed by atoms with E-state index in [2.05, 4.69) is 34.3 Å². The van der Waals surface area contributed by atoms with Crippen LogP contribution in [0, 0.1) is 5.92 Å². The van der Waals surface area contributed by atoms with Crippen molar-refractivity contribution in [2.45, 2.75) is 25.7 Å². The van der Waals surface area contributed by atoms with Crippen molar-refractivity contribution in [1.29, 1.82) is 0 Å². The molecule has 1 aliphatic carbocycles. The Bertz CT molecular complexity index is 540. The zero-order valence-electron chi connectivity index (χ0n) is 10.7. The maximum absolute atomic E-state index is 11.6. The Kier molecular flexibility index (Phi) is 3.99. The molecule has 0 saturated heterocycles. The zero-order valence-corrected chi connectivity index (χ0v) is 12.4. The molecule has 0 aliphatic heterocycles. The molecule has 2 aromatic heterocycles. The van der Waals surface area contributed by atoms with Gasteiger partial charge in [0.2, 0.25) is 5.91 Å². The van der Waals surface area contributed by atoms with Gasteiger partial charge in [0.25, 0.3) is 0 Å². The number of amides is 1. The highest BCUT2D eigenvalue weighted by Gasteiger charge is 2.23. The summed E-state index contributed by atoms with van der Waals surface area (Å²) in [4.78, 5) is 14.2. The van der Waals surface area contributed by atoms with Gasteiger partial charge in [0.1, 0.15) is 0 Å². The van der Waals surface area contributed by atoms with Gasteiger partial charge < -0.3 is 5.32 Å². The summed E-state index contributed by atoms with van der Waals surface area (Å²) in [5.74, 6) is 0.893. The Hall–Kier alpha value is -1.13. The van der Waals surface area contributed by atoms with Crippen LogP contribution in [0.15, 0.2) is 29.0 Å². The molecule has 19 heavy (non-hydrogen) atoms. The van der Waals surface area contributed by atoms with Crippen LogP contribution in [-0.4, -0.2) is 12.5 Å². The van der Waals surface area contributed by atoms with Crippen LogP contribution in [0.5, 0.6) is 0 Å². The Morgan fingerprint density at radius 2 is 2.21 bits per heavy atom. The van der Waals surface area contributed by atoms with Gasteiger partial charge >= 0.3 is 0 Å².